The number of nitrogens with one attached hydrogen (secondary N) is 1. The van der Waals surface area contributed by atoms with Crippen molar-refractivity contribution in [2.75, 3.05) is 14.1 Å². The van der Waals surface area contributed by atoms with Crippen molar-refractivity contribution in [2.45, 2.75) is 12.6 Å². The minimum atomic E-state index is -0.634. The first kappa shape index (κ1) is 13.3. The molecule has 0 aromatic heterocycles. The molecule has 1 aromatic carbocycles. The predicted octanol–water partition coefficient (Wildman–Crippen LogP) is 2.49. The highest BCUT2D eigenvalue weighted by molar-refractivity contribution is 9.10. The third kappa shape index (κ3) is 1.99. The van der Waals surface area contributed by atoms with Gasteiger partial charge in [0.1, 0.15) is 5.66 Å². The van der Waals surface area contributed by atoms with Gasteiger partial charge in [0, 0.05) is 18.6 Å². The first-order chi connectivity index (χ1) is 8.36. The number of hydrogen-bond acceptors (Lipinski definition) is 2. The highest BCUT2D eigenvalue weighted by Crippen LogP contribution is 2.30. The number of benzene rings is 1. The Labute approximate surface area is 120 Å². The van der Waals surface area contributed by atoms with Crippen molar-refractivity contribution in [3.8, 4) is 0 Å². The van der Waals surface area contributed by atoms with E-state index in [4.69, 9.17) is 12.2 Å². The SMILES string of the molecule is CN1C(=O)N(C)C(C)(c2cccc(Br)c2)NC1=S. The van der Waals surface area contributed by atoms with Crippen LogP contribution in [0.25, 0.3) is 0 Å². The number of amides is 2. The number of rotatable bonds is 1. The maximum absolute atomic E-state index is 12.1. The highest BCUT2D eigenvalue weighted by Gasteiger charge is 2.42. The molecule has 1 aliphatic rings. The maximum atomic E-state index is 12.1. The van der Waals surface area contributed by atoms with Crippen LogP contribution in [0.4, 0.5) is 4.79 Å². The van der Waals surface area contributed by atoms with Crippen molar-refractivity contribution in [3.05, 3.63) is 34.3 Å². The van der Waals surface area contributed by atoms with Gasteiger partial charge in [-0.15, -0.1) is 0 Å². The molecule has 0 radical (unpaired) electrons. The fraction of sp³-hybridized carbons (Fsp3) is 0.333. The van der Waals surface area contributed by atoms with E-state index in [1.807, 2.05) is 31.2 Å². The fourth-order valence-electron chi connectivity index (χ4n) is 1.94. The van der Waals surface area contributed by atoms with E-state index in [9.17, 15) is 4.79 Å². The molecule has 4 nitrogen and oxygen atoms in total. The summed E-state index contributed by atoms with van der Waals surface area (Å²) in [4.78, 5) is 15.2. The number of carbonyl (C=O) groups excluding carboxylic acids is 1. The molecule has 1 N–H and O–H groups in total. The van der Waals surface area contributed by atoms with Gasteiger partial charge in [0.25, 0.3) is 0 Å². The van der Waals surface area contributed by atoms with Gasteiger partial charge >= 0.3 is 6.03 Å². The number of halogens is 1. The largest absolute Gasteiger partial charge is 0.336 e. The van der Waals surface area contributed by atoms with E-state index in [0.29, 0.717) is 5.11 Å². The molecule has 6 heteroatoms. The van der Waals surface area contributed by atoms with E-state index < -0.39 is 5.66 Å². The number of urea groups is 1. The zero-order valence-corrected chi connectivity index (χ0v) is 12.8. The molecule has 1 saturated heterocycles. The Balaban J connectivity index is 2.47. The van der Waals surface area contributed by atoms with Crippen molar-refractivity contribution >= 4 is 39.3 Å². The Kier molecular flexibility index (Phi) is 3.33. The van der Waals surface area contributed by atoms with Gasteiger partial charge in [-0.05, 0) is 36.8 Å². The van der Waals surface area contributed by atoms with Crippen LogP contribution >= 0.6 is 28.1 Å². The molecule has 2 amide bonds. The molecule has 0 spiro atoms. The molecule has 1 unspecified atom stereocenters. The lowest BCUT2D eigenvalue weighted by molar-refractivity contribution is 0.101. The normalized spacial score (nSPS) is 24.2. The first-order valence-corrected chi connectivity index (χ1v) is 6.66. The van der Waals surface area contributed by atoms with Gasteiger partial charge < -0.3 is 10.2 Å². The molecule has 1 heterocycles. The van der Waals surface area contributed by atoms with E-state index in [1.165, 1.54) is 4.90 Å². The molecule has 1 aromatic rings. The van der Waals surface area contributed by atoms with Gasteiger partial charge in [-0.1, -0.05) is 28.1 Å². The molecule has 1 aliphatic heterocycles. The Morgan fingerprint density at radius 2 is 2.06 bits per heavy atom. The number of carbonyl (C=O) groups is 1. The molecule has 96 valence electrons. The molecular formula is C12H14BrN3OS. The molecule has 0 aliphatic carbocycles. The molecular weight excluding hydrogens is 314 g/mol. The molecule has 18 heavy (non-hydrogen) atoms. The van der Waals surface area contributed by atoms with Crippen LogP contribution in [0.5, 0.6) is 0 Å². The summed E-state index contributed by atoms with van der Waals surface area (Å²) in [6.45, 7) is 1.94. The standard InChI is InChI=1S/C12H14BrN3OS/c1-12(8-5-4-6-9(13)7-8)14-10(18)15(2)11(17)16(12)3/h4-7H,1-3H3,(H,14,18). The topological polar surface area (TPSA) is 35.6 Å². The molecule has 0 saturated carbocycles. The Bertz CT molecular complexity index is 522. The van der Waals surface area contributed by atoms with Gasteiger partial charge in [0.05, 0.1) is 0 Å². The molecule has 2 rings (SSSR count). The quantitative estimate of drug-likeness (QED) is 0.805. The van der Waals surface area contributed by atoms with Crippen molar-refractivity contribution in [1.29, 1.82) is 0 Å². The first-order valence-electron chi connectivity index (χ1n) is 5.46. The summed E-state index contributed by atoms with van der Waals surface area (Å²) in [7, 11) is 3.42. The maximum Gasteiger partial charge on any atom is 0.327 e. The second kappa shape index (κ2) is 4.51. The average Bonchev–Trinajstić information content (AvgIpc) is 2.34. The smallest absolute Gasteiger partial charge is 0.327 e. The highest BCUT2D eigenvalue weighted by atomic mass is 79.9. The number of nitrogens with zero attached hydrogens (tertiary/aromatic N) is 2. The van der Waals surface area contributed by atoms with Gasteiger partial charge in [-0.25, -0.2) is 4.79 Å². The zero-order chi connectivity index (χ0) is 13.5. The van der Waals surface area contributed by atoms with Crippen LogP contribution in [0.3, 0.4) is 0 Å². The minimum absolute atomic E-state index is 0.124. The van der Waals surface area contributed by atoms with E-state index in [1.54, 1.807) is 19.0 Å². The molecule has 1 fully saturated rings. The lowest BCUT2D eigenvalue weighted by Crippen LogP contribution is -2.67. The molecule has 1 atom stereocenters. The van der Waals surface area contributed by atoms with E-state index in [0.717, 1.165) is 10.0 Å². The lowest BCUT2D eigenvalue weighted by atomic mass is 9.99. The minimum Gasteiger partial charge on any atom is -0.336 e. The lowest BCUT2D eigenvalue weighted by Gasteiger charge is -2.47. The van der Waals surface area contributed by atoms with Crippen LogP contribution in [0, 0.1) is 0 Å². The van der Waals surface area contributed by atoms with Crippen molar-refractivity contribution < 1.29 is 4.79 Å². The summed E-state index contributed by atoms with van der Waals surface area (Å²) in [6, 6.07) is 7.70. The number of hydrogen-bond donors (Lipinski definition) is 1. The predicted molar refractivity (Wildman–Crippen MR) is 78.1 cm³/mol. The van der Waals surface area contributed by atoms with Crippen LogP contribution in [-0.4, -0.2) is 35.0 Å². The second-order valence-electron chi connectivity index (χ2n) is 4.41. The van der Waals surface area contributed by atoms with E-state index >= 15 is 0 Å². The van der Waals surface area contributed by atoms with Crippen LogP contribution < -0.4 is 5.32 Å². The van der Waals surface area contributed by atoms with Crippen molar-refractivity contribution in [3.63, 3.8) is 0 Å². The summed E-state index contributed by atoms with van der Waals surface area (Å²) in [5.41, 5.74) is 0.341. The summed E-state index contributed by atoms with van der Waals surface area (Å²) in [5, 5.41) is 3.64. The van der Waals surface area contributed by atoms with Gasteiger partial charge in [-0.2, -0.15) is 0 Å². The van der Waals surface area contributed by atoms with Gasteiger partial charge in [-0.3, -0.25) is 4.90 Å². The van der Waals surface area contributed by atoms with E-state index in [2.05, 4.69) is 21.2 Å². The molecule has 0 bridgehead atoms. The van der Waals surface area contributed by atoms with Crippen molar-refractivity contribution in [1.82, 2.24) is 15.1 Å². The second-order valence-corrected chi connectivity index (χ2v) is 5.72. The summed E-state index contributed by atoms with van der Waals surface area (Å²) < 4.78 is 0.966. The van der Waals surface area contributed by atoms with Crippen LogP contribution in [0.1, 0.15) is 12.5 Å². The van der Waals surface area contributed by atoms with E-state index in [-0.39, 0.29) is 6.03 Å². The summed E-state index contributed by atoms with van der Waals surface area (Å²) in [6.07, 6.45) is 0. The van der Waals surface area contributed by atoms with Crippen LogP contribution in [0.2, 0.25) is 0 Å². The Hall–Kier alpha value is -1.14. The fourth-order valence-corrected chi connectivity index (χ4v) is 2.61. The Morgan fingerprint density at radius 3 is 2.67 bits per heavy atom. The summed E-state index contributed by atoms with van der Waals surface area (Å²) in [5.74, 6) is 0. The van der Waals surface area contributed by atoms with Gasteiger partial charge in [0.15, 0.2) is 5.11 Å². The van der Waals surface area contributed by atoms with Crippen LogP contribution in [-0.2, 0) is 5.66 Å². The van der Waals surface area contributed by atoms with Crippen molar-refractivity contribution in [2.24, 2.45) is 0 Å². The third-order valence-corrected chi connectivity index (χ3v) is 4.16. The van der Waals surface area contributed by atoms with Crippen LogP contribution in [0.15, 0.2) is 28.7 Å². The summed E-state index contributed by atoms with van der Waals surface area (Å²) >= 11 is 8.64. The average molecular weight is 328 g/mol. The monoisotopic (exact) mass is 327 g/mol. The zero-order valence-electron chi connectivity index (χ0n) is 10.4. The van der Waals surface area contributed by atoms with Gasteiger partial charge in [0.2, 0.25) is 0 Å². The number of thiocarbonyl (C=S) groups is 1. The Morgan fingerprint density at radius 1 is 1.39 bits per heavy atom. The third-order valence-electron chi connectivity index (χ3n) is 3.29.